The molecule has 4 radical (unpaired) electrons. The maximum absolute atomic E-state index is 6.72. The van der Waals surface area contributed by atoms with Crippen LogP contribution in [0.3, 0.4) is 0 Å². The summed E-state index contributed by atoms with van der Waals surface area (Å²) in [5, 5.41) is -1.52. The number of nitrogens with two attached hydrogens (primary N) is 1. The number of aliphatic imine (C=N–C) groups is 1. The zero-order chi connectivity index (χ0) is 23.0. The van der Waals surface area contributed by atoms with Gasteiger partial charge in [0.2, 0.25) is 0 Å². The molecule has 5 nitrogen and oxygen atoms in total. The van der Waals surface area contributed by atoms with Gasteiger partial charge in [-0.1, -0.05) is 19.1 Å². The molecule has 2 heterocycles. The molecule has 4 atom stereocenters. The largest absolute Gasteiger partial charge is 0.476 e. The van der Waals surface area contributed by atoms with Crippen LogP contribution < -0.4 is 5.73 Å². The molecule has 0 bridgehead atoms. The predicted molar refractivity (Wildman–Crippen MR) is 130 cm³/mol. The van der Waals surface area contributed by atoms with Crippen LogP contribution in [0.15, 0.2) is 41.7 Å². The van der Waals surface area contributed by atoms with Crippen molar-refractivity contribution in [3.63, 3.8) is 0 Å². The van der Waals surface area contributed by atoms with Gasteiger partial charge >= 0.3 is 0 Å². The molecule has 6 rings (SSSR count). The van der Waals surface area contributed by atoms with Crippen molar-refractivity contribution in [1.29, 1.82) is 0 Å². The second kappa shape index (κ2) is 7.11. The van der Waals surface area contributed by atoms with Crippen LogP contribution in [0, 0.1) is 11.3 Å². The number of hydrogen-bond donors (Lipinski definition) is 1. The van der Waals surface area contributed by atoms with Gasteiger partial charge in [-0.25, -0.2) is 4.99 Å². The van der Waals surface area contributed by atoms with E-state index in [9.17, 15) is 0 Å². The summed E-state index contributed by atoms with van der Waals surface area (Å²) >= 11 is 0. The first kappa shape index (κ1) is 21.3. The Morgan fingerprint density at radius 3 is 2.61 bits per heavy atom. The van der Waals surface area contributed by atoms with Crippen LogP contribution in [0.2, 0.25) is 0 Å². The molecule has 2 aromatic rings. The van der Waals surface area contributed by atoms with Gasteiger partial charge in [0.1, 0.15) is 21.2 Å². The third-order valence-electron chi connectivity index (χ3n) is 8.61. The summed E-state index contributed by atoms with van der Waals surface area (Å²) < 4.78 is 11.6. The van der Waals surface area contributed by atoms with E-state index in [-0.39, 0.29) is 17.5 Å². The lowest BCUT2D eigenvalue weighted by atomic mass is 9.44. The molecule has 33 heavy (non-hydrogen) atoms. The summed E-state index contributed by atoms with van der Waals surface area (Å²) in [6.45, 7) is 2.24. The van der Waals surface area contributed by atoms with E-state index in [0.717, 1.165) is 42.4 Å². The highest BCUT2D eigenvalue weighted by atomic mass is 16.5. The topological polar surface area (TPSA) is 69.7 Å². The Bertz CT molecular complexity index is 1150. The fourth-order valence-electron chi connectivity index (χ4n) is 7.00. The van der Waals surface area contributed by atoms with Crippen molar-refractivity contribution >= 4 is 21.7 Å². The summed E-state index contributed by atoms with van der Waals surface area (Å²) in [5.41, 5.74) is 10.7. The summed E-state index contributed by atoms with van der Waals surface area (Å²) in [5.74, 6) is 0.994. The Balaban J connectivity index is 1.50. The summed E-state index contributed by atoms with van der Waals surface area (Å²) in [7, 11) is 15.2. The van der Waals surface area contributed by atoms with Crippen LogP contribution in [0.1, 0.15) is 61.6 Å². The molecule has 1 aliphatic heterocycles. The minimum atomic E-state index is -1.52. The van der Waals surface area contributed by atoms with Gasteiger partial charge in [0.15, 0.2) is 0 Å². The number of pyridine rings is 1. The van der Waals surface area contributed by atoms with E-state index in [1.54, 1.807) is 7.11 Å². The van der Waals surface area contributed by atoms with Gasteiger partial charge in [-0.15, -0.1) is 0 Å². The highest BCUT2D eigenvalue weighted by Crippen LogP contribution is 2.65. The van der Waals surface area contributed by atoms with E-state index in [2.05, 4.69) is 36.2 Å². The van der Waals surface area contributed by atoms with Crippen LogP contribution in [-0.2, 0) is 21.4 Å². The van der Waals surface area contributed by atoms with Crippen molar-refractivity contribution in [1.82, 2.24) is 4.98 Å². The Morgan fingerprint density at radius 1 is 1.12 bits per heavy atom. The highest BCUT2D eigenvalue weighted by Gasteiger charge is 2.68. The molecule has 4 aliphatic rings. The Kier molecular flexibility index (Phi) is 4.59. The third-order valence-corrected chi connectivity index (χ3v) is 8.61. The second-order valence-corrected chi connectivity index (χ2v) is 10.7. The number of rotatable bonds is 3. The molecular formula is C26H29B2N3O2. The van der Waals surface area contributed by atoms with E-state index in [1.165, 1.54) is 24.0 Å². The van der Waals surface area contributed by atoms with E-state index >= 15 is 0 Å². The number of hydrogen-bond acceptors (Lipinski definition) is 5. The first-order chi connectivity index (χ1) is 15.8. The van der Waals surface area contributed by atoms with Gasteiger partial charge in [0.25, 0.3) is 6.02 Å². The molecule has 0 amide bonds. The van der Waals surface area contributed by atoms with E-state index in [1.807, 2.05) is 12.4 Å². The average molecular weight is 437 g/mol. The molecular weight excluding hydrogens is 408 g/mol. The number of methoxy groups -OCH3 is 1. The van der Waals surface area contributed by atoms with Crippen molar-refractivity contribution < 1.29 is 9.47 Å². The first-order valence-electron chi connectivity index (χ1n) is 12.0. The quantitative estimate of drug-likeness (QED) is 0.747. The molecule has 0 unspecified atom stereocenters. The minimum absolute atomic E-state index is 0.0662. The Labute approximate surface area is 198 Å². The lowest BCUT2D eigenvalue weighted by Gasteiger charge is -2.53. The van der Waals surface area contributed by atoms with Gasteiger partial charge in [-0.3, -0.25) is 4.98 Å². The highest BCUT2D eigenvalue weighted by molar-refractivity contribution is 6.41. The maximum Gasteiger partial charge on any atom is 0.281 e. The zero-order valence-corrected chi connectivity index (χ0v) is 19.4. The Morgan fingerprint density at radius 2 is 1.94 bits per heavy atom. The number of amidine groups is 1. The van der Waals surface area contributed by atoms with Crippen molar-refractivity contribution in [2.24, 2.45) is 22.1 Å². The van der Waals surface area contributed by atoms with Crippen molar-refractivity contribution in [3.05, 3.63) is 53.3 Å². The second-order valence-electron chi connectivity index (χ2n) is 10.7. The molecule has 2 fully saturated rings. The fraction of sp³-hybridized carbons (Fsp3) is 0.538. The Hall–Kier alpha value is -2.27. The van der Waals surface area contributed by atoms with Crippen LogP contribution in [-0.4, -0.2) is 45.3 Å². The fourth-order valence-corrected chi connectivity index (χ4v) is 7.00. The number of nitrogens with zero attached hydrogens (tertiary/aromatic N) is 2. The first-order valence-corrected chi connectivity index (χ1v) is 12.0. The van der Waals surface area contributed by atoms with E-state index < -0.39 is 10.9 Å². The van der Waals surface area contributed by atoms with Gasteiger partial charge < -0.3 is 15.2 Å². The lowest BCUT2D eigenvalue weighted by molar-refractivity contribution is -0.0559. The molecule has 2 spiro atoms. The van der Waals surface area contributed by atoms with Gasteiger partial charge in [-0.05, 0) is 84.7 Å². The maximum atomic E-state index is 6.72. The lowest BCUT2D eigenvalue weighted by Crippen LogP contribution is -2.60. The standard InChI is InChI=1S/C26H29B2N3O2/c1-15-11-24(8-7-22(15)32-2)12-18-6-5-17(20-9-19(13-30-14-20)16-3-4-16)10-21(18)25(24)26(27,28)33-23(29)31-25/h5-6,9-10,13-16,22H,3-4,7-8,11-12H2,1-2H3,(H2,29,31)/t15-,22-,24-,25+/m1/s1. The summed E-state index contributed by atoms with van der Waals surface area (Å²) in [6, 6.07) is 8.91. The molecule has 7 heteroatoms. The van der Waals surface area contributed by atoms with Gasteiger partial charge in [0, 0.05) is 30.5 Å². The SMILES string of the molecule is [B]C1([B])OC(N)=N[C@]12c1cc(-c3cncc(C4CC4)c3)ccc1C[C@]21CC[C@@H](OC)[C@H](C)C1. The van der Waals surface area contributed by atoms with Crippen LogP contribution in [0.4, 0.5) is 0 Å². The van der Waals surface area contributed by atoms with Gasteiger partial charge in [0.05, 0.1) is 11.5 Å². The number of aromatic nitrogens is 1. The smallest absolute Gasteiger partial charge is 0.281 e. The van der Waals surface area contributed by atoms with Gasteiger partial charge in [-0.2, -0.15) is 0 Å². The molecule has 2 saturated carbocycles. The van der Waals surface area contributed by atoms with E-state index in [4.69, 9.17) is 35.9 Å². The third kappa shape index (κ3) is 2.97. The van der Waals surface area contributed by atoms with Crippen LogP contribution >= 0.6 is 0 Å². The van der Waals surface area contributed by atoms with Crippen molar-refractivity contribution in [3.8, 4) is 11.1 Å². The minimum Gasteiger partial charge on any atom is -0.476 e. The molecule has 166 valence electrons. The normalized spacial score (nSPS) is 34.3. The van der Waals surface area contributed by atoms with Crippen LogP contribution in [0.5, 0.6) is 0 Å². The van der Waals surface area contributed by atoms with Crippen molar-refractivity contribution in [2.45, 2.75) is 68.4 Å². The summed E-state index contributed by atoms with van der Waals surface area (Å²) in [4.78, 5) is 9.45. The molecule has 1 aromatic heterocycles. The molecule has 2 N–H and O–H groups in total. The monoisotopic (exact) mass is 437 g/mol. The van der Waals surface area contributed by atoms with Crippen LogP contribution in [0.25, 0.3) is 11.1 Å². The molecule has 0 saturated heterocycles. The zero-order valence-electron chi connectivity index (χ0n) is 19.4. The number of fused-ring (bicyclic) bond motifs is 3. The number of ether oxygens (including phenoxy) is 2. The molecule has 1 aromatic carbocycles. The number of benzene rings is 1. The average Bonchev–Trinajstić information content (AvgIpc) is 3.55. The predicted octanol–water partition coefficient (Wildman–Crippen LogP) is 3.53. The molecule has 3 aliphatic carbocycles. The van der Waals surface area contributed by atoms with E-state index in [0.29, 0.717) is 11.8 Å². The van der Waals surface area contributed by atoms with Crippen molar-refractivity contribution in [2.75, 3.05) is 7.11 Å². The summed E-state index contributed by atoms with van der Waals surface area (Å²) in [6.07, 6.45) is 10.2.